The molecule has 15 heteroatoms. The largest absolute Gasteiger partial charge is 0.491 e. The summed E-state index contributed by atoms with van der Waals surface area (Å²) in [4.78, 5) is 59.9. The van der Waals surface area contributed by atoms with Gasteiger partial charge in [0.05, 0.1) is 22.5 Å². The lowest BCUT2D eigenvalue weighted by Gasteiger charge is -2.56. The number of nitro benzene ring substituents is 1. The number of anilines is 1. The van der Waals surface area contributed by atoms with Crippen molar-refractivity contribution in [3.63, 3.8) is 0 Å². The van der Waals surface area contributed by atoms with E-state index in [1.807, 2.05) is 32.9 Å². The molecule has 1 fully saturated rings. The van der Waals surface area contributed by atoms with Gasteiger partial charge < -0.3 is 19.1 Å². The Bertz CT molecular complexity index is 1690. The molecule has 256 valence electrons. The van der Waals surface area contributed by atoms with E-state index in [0.717, 1.165) is 21.4 Å². The van der Waals surface area contributed by atoms with Crippen LogP contribution >= 0.6 is 0 Å². The summed E-state index contributed by atoms with van der Waals surface area (Å²) in [5.74, 6) is -4.57. The number of ether oxygens (including phenoxy) is 1. The number of hydrogen-bond acceptors (Lipinski definition) is 8. The molecule has 2 aliphatic heterocycles. The molecule has 1 aromatic heterocycles. The fraction of sp³-hybridized carbons (Fsp3) is 0.455. The number of benzene rings is 2. The van der Waals surface area contributed by atoms with Crippen LogP contribution in [0.1, 0.15) is 62.5 Å². The van der Waals surface area contributed by atoms with Gasteiger partial charge >= 0.3 is 12.1 Å². The van der Waals surface area contributed by atoms with Crippen molar-refractivity contribution < 1.29 is 37.2 Å². The predicted molar refractivity (Wildman–Crippen MR) is 167 cm³/mol. The molecule has 2 amide bonds. The second kappa shape index (κ2) is 12.9. The molecule has 3 aromatic rings. The average Bonchev–Trinajstić information content (AvgIpc) is 3.53. The minimum absolute atomic E-state index is 0.0892. The van der Waals surface area contributed by atoms with Crippen LogP contribution in [0.4, 0.5) is 24.5 Å². The van der Waals surface area contributed by atoms with E-state index in [0.29, 0.717) is 18.5 Å². The Hall–Kier alpha value is -4.95. The maximum absolute atomic E-state index is 14.3. The van der Waals surface area contributed by atoms with Gasteiger partial charge in [-0.25, -0.2) is 9.78 Å². The van der Waals surface area contributed by atoms with Gasteiger partial charge in [-0.15, -0.1) is 0 Å². The van der Waals surface area contributed by atoms with Crippen LogP contribution in [0.3, 0.4) is 0 Å². The summed E-state index contributed by atoms with van der Waals surface area (Å²) >= 11 is 0. The molecule has 0 saturated carbocycles. The van der Waals surface area contributed by atoms with Crippen LogP contribution in [0.2, 0.25) is 0 Å². The standard InChI is InChI=1S/C33H37F3N6O6/c1-20(2)26-29(44)40(18-21-7-9-22(10-8-21)32(3,4)5)30(48-31(45)33(34,35)36)27-39(15-6-14-38-16-13-37-19-38)25-12-11-23(42(46)47)17-24(25)28(43)41(26)27/h7-13,16-17,19-20,26-27,30H,6,14-15,18H2,1-5H3. The highest BCUT2D eigenvalue weighted by molar-refractivity contribution is 6.05. The minimum atomic E-state index is -5.40. The van der Waals surface area contributed by atoms with Gasteiger partial charge in [0.2, 0.25) is 12.1 Å². The zero-order valence-electron chi connectivity index (χ0n) is 27.2. The number of rotatable bonds is 9. The monoisotopic (exact) mass is 670 g/mol. The molecule has 1 saturated heterocycles. The lowest BCUT2D eigenvalue weighted by atomic mass is 9.86. The van der Waals surface area contributed by atoms with E-state index in [2.05, 4.69) is 4.98 Å². The van der Waals surface area contributed by atoms with E-state index in [4.69, 9.17) is 4.74 Å². The fourth-order valence-corrected chi connectivity index (χ4v) is 6.25. The van der Waals surface area contributed by atoms with E-state index < -0.39 is 53.2 Å². The summed E-state index contributed by atoms with van der Waals surface area (Å²) in [6.07, 6.45) is -3.36. The number of esters is 1. The highest BCUT2D eigenvalue weighted by Gasteiger charge is 2.58. The number of aromatic nitrogens is 2. The first kappa shape index (κ1) is 34.4. The molecule has 3 atom stereocenters. The van der Waals surface area contributed by atoms with Gasteiger partial charge in [-0.05, 0) is 34.9 Å². The lowest BCUT2D eigenvalue weighted by molar-refractivity contribution is -0.384. The summed E-state index contributed by atoms with van der Waals surface area (Å²) in [6, 6.07) is 9.71. The summed E-state index contributed by atoms with van der Waals surface area (Å²) < 4.78 is 48.3. The highest BCUT2D eigenvalue weighted by Crippen LogP contribution is 2.42. The molecule has 3 heterocycles. The summed E-state index contributed by atoms with van der Waals surface area (Å²) in [5, 5.41) is 11.7. The molecule has 0 bridgehead atoms. The molecule has 2 aromatic carbocycles. The Labute approximate surface area is 275 Å². The predicted octanol–water partition coefficient (Wildman–Crippen LogP) is 5.27. The van der Waals surface area contributed by atoms with Crippen molar-refractivity contribution in [1.29, 1.82) is 0 Å². The van der Waals surface area contributed by atoms with Crippen molar-refractivity contribution in [2.24, 2.45) is 5.92 Å². The fourth-order valence-electron chi connectivity index (χ4n) is 6.25. The molecule has 48 heavy (non-hydrogen) atoms. The van der Waals surface area contributed by atoms with Gasteiger partial charge in [0.25, 0.3) is 11.6 Å². The number of piperazine rings is 1. The first-order chi connectivity index (χ1) is 22.5. The number of hydrogen-bond donors (Lipinski definition) is 0. The van der Waals surface area contributed by atoms with E-state index in [-0.39, 0.29) is 35.4 Å². The van der Waals surface area contributed by atoms with Crippen LogP contribution in [-0.2, 0) is 32.8 Å². The number of non-ortho nitro benzene ring substituents is 1. The first-order valence-electron chi connectivity index (χ1n) is 15.5. The Kier molecular flexibility index (Phi) is 9.26. The molecule has 0 aliphatic carbocycles. The van der Waals surface area contributed by atoms with Gasteiger partial charge in [0, 0.05) is 44.2 Å². The topological polar surface area (TPSA) is 131 Å². The number of alkyl halides is 3. The molecule has 3 unspecified atom stereocenters. The van der Waals surface area contributed by atoms with Crippen molar-refractivity contribution in [3.05, 3.63) is 88.0 Å². The molecule has 12 nitrogen and oxygen atoms in total. The smallest absolute Gasteiger partial charge is 0.430 e. The molecule has 0 N–H and O–H groups in total. The second-order valence-electron chi connectivity index (χ2n) is 13.3. The van der Waals surface area contributed by atoms with Crippen LogP contribution in [0.25, 0.3) is 0 Å². The normalized spacial score (nSPS) is 19.8. The lowest BCUT2D eigenvalue weighted by Crippen LogP contribution is -2.75. The van der Waals surface area contributed by atoms with Gasteiger partial charge in [-0.3, -0.25) is 24.6 Å². The molecule has 2 aliphatic rings. The van der Waals surface area contributed by atoms with E-state index in [9.17, 15) is 37.7 Å². The number of carbonyl (C=O) groups excluding carboxylic acids is 3. The number of nitro groups is 1. The van der Waals surface area contributed by atoms with Crippen molar-refractivity contribution >= 4 is 29.2 Å². The van der Waals surface area contributed by atoms with Gasteiger partial charge in [-0.2, -0.15) is 13.2 Å². The Morgan fingerprint density at radius 1 is 1.04 bits per heavy atom. The second-order valence-corrected chi connectivity index (χ2v) is 13.3. The van der Waals surface area contributed by atoms with Crippen molar-refractivity contribution in [3.8, 4) is 0 Å². The number of aryl methyl sites for hydroxylation is 1. The third-order valence-electron chi connectivity index (χ3n) is 8.61. The molecular formula is C33H37F3N6O6. The number of nitrogens with zero attached hydrogens (tertiary/aromatic N) is 6. The van der Waals surface area contributed by atoms with E-state index in [1.165, 1.54) is 12.1 Å². The van der Waals surface area contributed by atoms with Crippen LogP contribution in [-0.4, -0.2) is 73.2 Å². The van der Waals surface area contributed by atoms with Crippen molar-refractivity contribution in [2.75, 3.05) is 11.4 Å². The first-order valence-corrected chi connectivity index (χ1v) is 15.5. The van der Waals surface area contributed by atoms with Crippen LogP contribution in [0, 0.1) is 16.0 Å². The van der Waals surface area contributed by atoms with Gasteiger partial charge in [0.15, 0.2) is 6.17 Å². The quantitative estimate of drug-likeness (QED) is 0.171. The molecule has 0 radical (unpaired) electrons. The summed E-state index contributed by atoms with van der Waals surface area (Å²) in [6.45, 7) is 9.80. The van der Waals surface area contributed by atoms with Crippen LogP contribution in [0.5, 0.6) is 0 Å². The third kappa shape index (κ3) is 6.71. The van der Waals surface area contributed by atoms with Crippen molar-refractivity contribution in [1.82, 2.24) is 19.4 Å². The summed E-state index contributed by atoms with van der Waals surface area (Å²) in [7, 11) is 0. The minimum Gasteiger partial charge on any atom is -0.430 e. The number of amides is 2. The molecule has 5 rings (SSSR count). The number of carbonyl (C=O) groups is 3. The van der Waals surface area contributed by atoms with Crippen molar-refractivity contribution in [2.45, 2.75) is 84.2 Å². The average molecular weight is 671 g/mol. The Morgan fingerprint density at radius 3 is 2.29 bits per heavy atom. The Morgan fingerprint density at radius 2 is 1.73 bits per heavy atom. The SMILES string of the molecule is CC(C)C1C(=O)N(Cc2ccc(C(C)(C)C)cc2)C(OC(=O)C(F)(F)F)C2N(CCCn3ccnc3)c3ccc([N+](=O)[O-])cc3C(=O)N12. The van der Waals surface area contributed by atoms with Crippen LogP contribution in [0.15, 0.2) is 61.2 Å². The zero-order chi connectivity index (χ0) is 35.1. The van der Waals surface area contributed by atoms with Gasteiger partial charge in [0.1, 0.15) is 6.04 Å². The molecule has 0 spiro atoms. The number of imidazole rings is 1. The zero-order valence-corrected chi connectivity index (χ0v) is 27.2. The summed E-state index contributed by atoms with van der Waals surface area (Å²) in [5.41, 5.74) is 1.13. The molecular weight excluding hydrogens is 633 g/mol. The van der Waals surface area contributed by atoms with E-state index in [1.54, 1.807) is 54.2 Å². The highest BCUT2D eigenvalue weighted by atomic mass is 19.4. The number of fused-ring (bicyclic) bond motifs is 2. The maximum Gasteiger partial charge on any atom is 0.491 e. The third-order valence-corrected chi connectivity index (χ3v) is 8.61. The van der Waals surface area contributed by atoms with Crippen LogP contribution < -0.4 is 4.90 Å². The van der Waals surface area contributed by atoms with E-state index >= 15 is 0 Å². The number of halogens is 3. The maximum atomic E-state index is 14.3. The Balaban J connectivity index is 1.66. The van der Waals surface area contributed by atoms with Gasteiger partial charge in [-0.1, -0.05) is 58.9 Å².